The third kappa shape index (κ3) is 6.98. The summed E-state index contributed by atoms with van der Waals surface area (Å²) in [7, 11) is 0. The molecule has 0 radical (unpaired) electrons. The molecular formula is C21H29BrN2O2. The van der Waals surface area contributed by atoms with E-state index in [2.05, 4.69) is 57.8 Å². The summed E-state index contributed by atoms with van der Waals surface area (Å²) in [4.78, 5) is 0. The van der Waals surface area contributed by atoms with E-state index in [9.17, 15) is 0 Å². The highest BCUT2D eigenvalue weighted by Gasteiger charge is 2.12. The van der Waals surface area contributed by atoms with E-state index in [0.29, 0.717) is 13.2 Å². The second-order valence-electron chi connectivity index (χ2n) is 6.00. The molecule has 0 saturated carbocycles. The Kier molecular flexibility index (Phi) is 9.53. The van der Waals surface area contributed by atoms with E-state index in [0.717, 1.165) is 54.1 Å². The molecule has 0 spiro atoms. The van der Waals surface area contributed by atoms with Gasteiger partial charge in [-0.05, 0) is 72.2 Å². The number of benzene rings is 2. The van der Waals surface area contributed by atoms with Gasteiger partial charge in [0.05, 0.1) is 11.1 Å². The first-order valence-electron chi connectivity index (χ1n) is 9.28. The smallest absolute Gasteiger partial charge is 0.175 e. The van der Waals surface area contributed by atoms with E-state index in [1.165, 1.54) is 5.56 Å². The SMILES string of the molecule is CCNCCCNCc1cc(Br)c(OCc2ccccc2)c(OCC)c1. The van der Waals surface area contributed by atoms with Gasteiger partial charge in [-0.1, -0.05) is 37.3 Å². The van der Waals surface area contributed by atoms with Crippen molar-refractivity contribution in [3.63, 3.8) is 0 Å². The van der Waals surface area contributed by atoms with Crippen LogP contribution < -0.4 is 20.1 Å². The molecule has 0 fully saturated rings. The minimum absolute atomic E-state index is 0.515. The van der Waals surface area contributed by atoms with Gasteiger partial charge in [-0.2, -0.15) is 0 Å². The zero-order valence-corrected chi connectivity index (χ0v) is 17.3. The highest BCUT2D eigenvalue weighted by Crippen LogP contribution is 2.37. The maximum Gasteiger partial charge on any atom is 0.175 e. The molecule has 0 bridgehead atoms. The molecule has 0 heterocycles. The molecule has 0 aromatic heterocycles. The highest BCUT2D eigenvalue weighted by atomic mass is 79.9. The van der Waals surface area contributed by atoms with Gasteiger partial charge in [-0.15, -0.1) is 0 Å². The van der Waals surface area contributed by atoms with E-state index in [-0.39, 0.29) is 0 Å². The maximum absolute atomic E-state index is 6.03. The molecular weight excluding hydrogens is 392 g/mol. The van der Waals surface area contributed by atoms with Crippen LogP contribution in [0.4, 0.5) is 0 Å². The van der Waals surface area contributed by atoms with Crippen LogP contribution in [0.5, 0.6) is 11.5 Å². The third-order valence-electron chi connectivity index (χ3n) is 3.88. The lowest BCUT2D eigenvalue weighted by Crippen LogP contribution is -2.21. The normalized spacial score (nSPS) is 10.7. The van der Waals surface area contributed by atoms with Crippen molar-refractivity contribution < 1.29 is 9.47 Å². The van der Waals surface area contributed by atoms with Gasteiger partial charge >= 0.3 is 0 Å². The van der Waals surface area contributed by atoms with Gasteiger partial charge in [0.15, 0.2) is 11.5 Å². The van der Waals surface area contributed by atoms with Crippen LogP contribution in [0, 0.1) is 0 Å². The zero-order chi connectivity index (χ0) is 18.6. The summed E-state index contributed by atoms with van der Waals surface area (Å²) < 4.78 is 12.8. The van der Waals surface area contributed by atoms with Crippen molar-refractivity contribution in [2.45, 2.75) is 33.4 Å². The van der Waals surface area contributed by atoms with Gasteiger partial charge in [0.1, 0.15) is 6.61 Å². The second kappa shape index (κ2) is 11.9. The fraction of sp³-hybridized carbons (Fsp3) is 0.429. The van der Waals surface area contributed by atoms with Crippen molar-refractivity contribution in [3.8, 4) is 11.5 Å². The number of halogens is 1. The van der Waals surface area contributed by atoms with Gasteiger partial charge < -0.3 is 20.1 Å². The van der Waals surface area contributed by atoms with Crippen molar-refractivity contribution in [2.75, 3.05) is 26.2 Å². The summed E-state index contributed by atoms with van der Waals surface area (Å²) in [5.74, 6) is 1.54. The van der Waals surface area contributed by atoms with E-state index < -0.39 is 0 Å². The predicted octanol–water partition coefficient (Wildman–Crippen LogP) is 4.52. The molecule has 26 heavy (non-hydrogen) atoms. The largest absolute Gasteiger partial charge is 0.490 e. The Morgan fingerprint density at radius 1 is 0.923 bits per heavy atom. The lowest BCUT2D eigenvalue weighted by atomic mass is 10.2. The van der Waals surface area contributed by atoms with E-state index >= 15 is 0 Å². The molecule has 0 aliphatic heterocycles. The van der Waals surface area contributed by atoms with Gasteiger partial charge in [0.25, 0.3) is 0 Å². The minimum Gasteiger partial charge on any atom is -0.490 e. The molecule has 0 aliphatic carbocycles. The first-order valence-corrected chi connectivity index (χ1v) is 10.1. The van der Waals surface area contributed by atoms with Gasteiger partial charge in [0, 0.05) is 6.54 Å². The Morgan fingerprint density at radius 2 is 1.69 bits per heavy atom. The zero-order valence-electron chi connectivity index (χ0n) is 15.7. The Labute approximate surface area is 165 Å². The summed E-state index contributed by atoms with van der Waals surface area (Å²) in [6, 6.07) is 14.3. The summed E-state index contributed by atoms with van der Waals surface area (Å²) in [6.45, 7) is 9.10. The molecule has 2 rings (SSSR count). The molecule has 0 atom stereocenters. The number of ether oxygens (including phenoxy) is 2. The molecule has 0 unspecified atom stereocenters. The van der Waals surface area contributed by atoms with Crippen molar-refractivity contribution in [1.82, 2.24) is 10.6 Å². The Balaban J connectivity index is 1.97. The molecule has 2 aromatic rings. The van der Waals surface area contributed by atoms with Crippen LogP contribution in [0.25, 0.3) is 0 Å². The Morgan fingerprint density at radius 3 is 2.42 bits per heavy atom. The first-order chi connectivity index (χ1) is 12.7. The van der Waals surface area contributed by atoms with Crippen LogP contribution in [-0.2, 0) is 13.2 Å². The molecule has 4 nitrogen and oxygen atoms in total. The van der Waals surface area contributed by atoms with Crippen molar-refractivity contribution in [1.29, 1.82) is 0 Å². The number of hydrogen-bond donors (Lipinski definition) is 2. The molecule has 2 aromatic carbocycles. The van der Waals surface area contributed by atoms with Crippen molar-refractivity contribution >= 4 is 15.9 Å². The van der Waals surface area contributed by atoms with Crippen LogP contribution in [0.3, 0.4) is 0 Å². The molecule has 5 heteroatoms. The van der Waals surface area contributed by atoms with E-state index in [1.54, 1.807) is 0 Å². The maximum atomic E-state index is 6.03. The van der Waals surface area contributed by atoms with Crippen LogP contribution in [0.15, 0.2) is 46.9 Å². The number of hydrogen-bond acceptors (Lipinski definition) is 4. The first kappa shape index (κ1) is 20.7. The average Bonchev–Trinajstić information content (AvgIpc) is 2.65. The topological polar surface area (TPSA) is 42.5 Å². The van der Waals surface area contributed by atoms with Gasteiger partial charge in [-0.25, -0.2) is 0 Å². The third-order valence-corrected chi connectivity index (χ3v) is 4.47. The molecule has 0 saturated heterocycles. The predicted molar refractivity (Wildman–Crippen MR) is 111 cm³/mol. The second-order valence-corrected chi connectivity index (χ2v) is 6.85. The monoisotopic (exact) mass is 420 g/mol. The quantitative estimate of drug-likeness (QED) is 0.495. The Hall–Kier alpha value is -1.56. The van der Waals surface area contributed by atoms with Crippen LogP contribution in [0.1, 0.15) is 31.4 Å². The van der Waals surface area contributed by atoms with Crippen molar-refractivity contribution in [3.05, 3.63) is 58.1 Å². The summed E-state index contributed by atoms with van der Waals surface area (Å²) in [5.41, 5.74) is 2.31. The highest BCUT2D eigenvalue weighted by molar-refractivity contribution is 9.10. The lowest BCUT2D eigenvalue weighted by molar-refractivity contribution is 0.267. The summed E-state index contributed by atoms with van der Waals surface area (Å²) in [6.07, 6.45) is 1.12. The summed E-state index contributed by atoms with van der Waals surface area (Å²) >= 11 is 3.64. The summed E-state index contributed by atoms with van der Waals surface area (Å²) in [5, 5.41) is 6.81. The minimum atomic E-state index is 0.515. The molecule has 2 N–H and O–H groups in total. The molecule has 0 aliphatic rings. The van der Waals surface area contributed by atoms with Crippen LogP contribution in [0.2, 0.25) is 0 Å². The van der Waals surface area contributed by atoms with Crippen LogP contribution >= 0.6 is 15.9 Å². The molecule has 0 amide bonds. The average molecular weight is 421 g/mol. The fourth-order valence-corrected chi connectivity index (χ4v) is 3.21. The van der Waals surface area contributed by atoms with Gasteiger partial charge in [-0.3, -0.25) is 0 Å². The Bertz CT molecular complexity index is 650. The number of nitrogens with one attached hydrogen (secondary N) is 2. The molecule has 142 valence electrons. The number of rotatable bonds is 12. The van der Waals surface area contributed by atoms with E-state index in [1.807, 2.05) is 25.1 Å². The standard InChI is InChI=1S/C21H29BrN2O2/c1-3-23-11-8-12-24-15-18-13-19(22)21(20(14-18)25-4-2)26-16-17-9-6-5-7-10-17/h5-7,9-10,13-14,23-24H,3-4,8,11-12,15-16H2,1-2H3. The fourth-order valence-electron chi connectivity index (χ4n) is 2.60. The lowest BCUT2D eigenvalue weighted by Gasteiger charge is -2.16. The van der Waals surface area contributed by atoms with Crippen molar-refractivity contribution in [2.24, 2.45) is 0 Å². The van der Waals surface area contributed by atoms with Gasteiger partial charge in [0.2, 0.25) is 0 Å². The van der Waals surface area contributed by atoms with Crippen LogP contribution in [-0.4, -0.2) is 26.2 Å². The van der Waals surface area contributed by atoms with E-state index in [4.69, 9.17) is 9.47 Å².